The normalized spacial score (nSPS) is 32.1. The van der Waals surface area contributed by atoms with Gasteiger partial charge < -0.3 is 15.3 Å². The van der Waals surface area contributed by atoms with Gasteiger partial charge in [0.25, 0.3) is 0 Å². The molecule has 0 aromatic heterocycles. The molecular weight excluding hydrogens is 212 g/mol. The second kappa shape index (κ2) is 4.22. The van der Waals surface area contributed by atoms with Crippen LogP contribution in [-0.2, 0) is 0 Å². The van der Waals surface area contributed by atoms with Crippen LogP contribution in [0.1, 0.15) is 39.0 Å². The average Bonchev–Trinajstić information content (AvgIpc) is 2.22. The van der Waals surface area contributed by atoms with Gasteiger partial charge in [0.2, 0.25) is 0 Å². The number of nitrogens with zero attached hydrogens (tertiary/aromatic N) is 1. The standard InChI is InChI=1S/C14H26N2O/c1-12-2-5-16(6-3-12)7-4-14(17)8-13(9-14)10-15-11-13/h12,15,17H,2-11H2,1H3. The Hall–Kier alpha value is -0.120. The zero-order valence-electron chi connectivity index (χ0n) is 11.0. The summed E-state index contributed by atoms with van der Waals surface area (Å²) >= 11 is 0. The highest BCUT2D eigenvalue weighted by Gasteiger charge is 2.56. The zero-order valence-corrected chi connectivity index (χ0v) is 11.0. The summed E-state index contributed by atoms with van der Waals surface area (Å²) in [6.07, 6.45) is 5.75. The maximum Gasteiger partial charge on any atom is 0.0672 e. The molecule has 1 aliphatic carbocycles. The highest BCUT2D eigenvalue weighted by molar-refractivity contribution is 5.10. The number of hydrogen-bond donors (Lipinski definition) is 2. The van der Waals surface area contributed by atoms with E-state index in [-0.39, 0.29) is 5.60 Å². The number of hydrogen-bond acceptors (Lipinski definition) is 3. The smallest absolute Gasteiger partial charge is 0.0672 e. The number of nitrogens with one attached hydrogen (secondary N) is 1. The van der Waals surface area contributed by atoms with E-state index in [4.69, 9.17) is 0 Å². The predicted molar refractivity (Wildman–Crippen MR) is 68.9 cm³/mol. The molecule has 2 N–H and O–H groups in total. The quantitative estimate of drug-likeness (QED) is 0.776. The van der Waals surface area contributed by atoms with Gasteiger partial charge in [-0.25, -0.2) is 0 Å². The second-order valence-electron chi connectivity index (χ2n) is 6.96. The summed E-state index contributed by atoms with van der Waals surface area (Å²) in [5, 5.41) is 13.8. The van der Waals surface area contributed by atoms with Gasteiger partial charge in [-0.2, -0.15) is 0 Å². The van der Waals surface area contributed by atoms with Crippen molar-refractivity contribution in [3.8, 4) is 0 Å². The molecule has 3 fully saturated rings. The molecule has 0 unspecified atom stereocenters. The molecule has 1 saturated carbocycles. The van der Waals surface area contributed by atoms with Crippen LogP contribution in [0, 0.1) is 11.3 Å². The first-order valence-electron chi connectivity index (χ1n) is 7.25. The molecule has 0 aromatic carbocycles. The topological polar surface area (TPSA) is 35.5 Å². The largest absolute Gasteiger partial charge is 0.390 e. The summed E-state index contributed by atoms with van der Waals surface area (Å²) in [5.74, 6) is 0.905. The fraction of sp³-hybridized carbons (Fsp3) is 1.00. The van der Waals surface area contributed by atoms with Crippen molar-refractivity contribution in [1.29, 1.82) is 0 Å². The Bertz CT molecular complexity index is 272. The Balaban J connectivity index is 1.40. The van der Waals surface area contributed by atoms with Gasteiger partial charge in [-0.1, -0.05) is 6.92 Å². The summed E-state index contributed by atoms with van der Waals surface area (Å²) in [4.78, 5) is 2.54. The minimum Gasteiger partial charge on any atom is -0.390 e. The predicted octanol–water partition coefficient (Wildman–Crippen LogP) is 1.22. The molecule has 0 amide bonds. The van der Waals surface area contributed by atoms with Crippen LogP contribution < -0.4 is 5.32 Å². The molecule has 3 rings (SSSR count). The number of piperidine rings is 1. The number of rotatable bonds is 3. The average molecular weight is 238 g/mol. The Morgan fingerprint density at radius 3 is 2.41 bits per heavy atom. The number of likely N-dealkylation sites (tertiary alicyclic amines) is 1. The van der Waals surface area contributed by atoms with Crippen LogP contribution in [0.3, 0.4) is 0 Å². The monoisotopic (exact) mass is 238 g/mol. The minimum atomic E-state index is -0.328. The van der Waals surface area contributed by atoms with Crippen LogP contribution in [0.25, 0.3) is 0 Å². The van der Waals surface area contributed by atoms with Crippen molar-refractivity contribution in [3.05, 3.63) is 0 Å². The lowest BCUT2D eigenvalue weighted by Gasteiger charge is -2.59. The van der Waals surface area contributed by atoms with Crippen molar-refractivity contribution in [1.82, 2.24) is 10.2 Å². The molecule has 0 aromatic rings. The van der Waals surface area contributed by atoms with E-state index in [1.54, 1.807) is 0 Å². The molecule has 0 atom stereocenters. The van der Waals surface area contributed by atoms with Gasteiger partial charge in [0.15, 0.2) is 0 Å². The molecule has 3 heteroatoms. The van der Waals surface area contributed by atoms with Crippen LogP contribution in [0.4, 0.5) is 0 Å². The maximum absolute atomic E-state index is 10.4. The van der Waals surface area contributed by atoms with Crippen molar-refractivity contribution in [3.63, 3.8) is 0 Å². The highest BCUT2D eigenvalue weighted by atomic mass is 16.3. The molecule has 0 radical (unpaired) electrons. The first-order valence-corrected chi connectivity index (χ1v) is 7.25. The first-order chi connectivity index (χ1) is 8.09. The Labute approximate surface area is 105 Å². The Morgan fingerprint density at radius 1 is 1.24 bits per heavy atom. The van der Waals surface area contributed by atoms with Gasteiger partial charge in [0, 0.05) is 25.0 Å². The van der Waals surface area contributed by atoms with Crippen LogP contribution in [0.5, 0.6) is 0 Å². The molecule has 3 nitrogen and oxygen atoms in total. The van der Waals surface area contributed by atoms with Crippen molar-refractivity contribution in [2.75, 3.05) is 32.7 Å². The molecule has 2 saturated heterocycles. The van der Waals surface area contributed by atoms with Gasteiger partial charge in [0.1, 0.15) is 0 Å². The molecule has 2 heterocycles. The molecule has 17 heavy (non-hydrogen) atoms. The SMILES string of the molecule is CC1CCN(CCC2(O)CC3(CNC3)C2)CC1. The van der Waals surface area contributed by atoms with E-state index in [9.17, 15) is 5.11 Å². The third-order valence-corrected chi connectivity index (χ3v) is 5.18. The fourth-order valence-electron chi connectivity index (χ4n) is 3.90. The van der Waals surface area contributed by atoms with Crippen LogP contribution in [0.15, 0.2) is 0 Å². The van der Waals surface area contributed by atoms with Crippen LogP contribution >= 0.6 is 0 Å². The van der Waals surface area contributed by atoms with Gasteiger partial charge in [-0.05, 0) is 51.1 Å². The third kappa shape index (κ3) is 2.38. The lowest BCUT2D eigenvalue weighted by atomic mass is 9.55. The Morgan fingerprint density at radius 2 is 1.88 bits per heavy atom. The van der Waals surface area contributed by atoms with Crippen molar-refractivity contribution in [2.24, 2.45) is 11.3 Å². The lowest BCUT2D eigenvalue weighted by Crippen LogP contribution is -2.67. The van der Waals surface area contributed by atoms with Gasteiger partial charge >= 0.3 is 0 Å². The van der Waals surface area contributed by atoms with E-state index < -0.39 is 0 Å². The molecule has 1 spiro atoms. The minimum absolute atomic E-state index is 0.328. The van der Waals surface area contributed by atoms with E-state index in [2.05, 4.69) is 17.1 Å². The lowest BCUT2D eigenvalue weighted by molar-refractivity contribution is -0.155. The summed E-state index contributed by atoms with van der Waals surface area (Å²) in [5.41, 5.74) is 0.163. The third-order valence-electron chi connectivity index (χ3n) is 5.18. The highest BCUT2D eigenvalue weighted by Crippen LogP contribution is 2.52. The van der Waals surface area contributed by atoms with Gasteiger partial charge in [-0.15, -0.1) is 0 Å². The van der Waals surface area contributed by atoms with Crippen molar-refractivity contribution in [2.45, 2.75) is 44.6 Å². The van der Waals surface area contributed by atoms with Crippen molar-refractivity contribution >= 4 is 0 Å². The summed E-state index contributed by atoms with van der Waals surface area (Å²) in [7, 11) is 0. The van der Waals surface area contributed by atoms with E-state index in [0.717, 1.165) is 44.8 Å². The zero-order chi connectivity index (χ0) is 11.9. The van der Waals surface area contributed by atoms with E-state index in [1.807, 2.05) is 0 Å². The van der Waals surface area contributed by atoms with Crippen molar-refractivity contribution < 1.29 is 5.11 Å². The molecule has 3 aliphatic rings. The summed E-state index contributed by atoms with van der Waals surface area (Å²) < 4.78 is 0. The summed E-state index contributed by atoms with van der Waals surface area (Å²) in [6, 6.07) is 0. The second-order valence-corrected chi connectivity index (χ2v) is 6.96. The Kier molecular flexibility index (Phi) is 2.96. The number of aliphatic hydroxyl groups is 1. The summed E-state index contributed by atoms with van der Waals surface area (Å²) in [6.45, 7) is 8.21. The van der Waals surface area contributed by atoms with Crippen LogP contribution in [-0.4, -0.2) is 48.3 Å². The van der Waals surface area contributed by atoms with Gasteiger partial charge in [0.05, 0.1) is 5.60 Å². The first kappa shape index (κ1) is 11.9. The maximum atomic E-state index is 10.4. The van der Waals surface area contributed by atoms with E-state index in [0.29, 0.717) is 5.41 Å². The molecular formula is C14H26N2O. The fourth-order valence-corrected chi connectivity index (χ4v) is 3.90. The molecule has 2 aliphatic heterocycles. The van der Waals surface area contributed by atoms with E-state index >= 15 is 0 Å². The van der Waals surface area contributed by atoms with Gasteiger partial charge in [-0.3, -0.25) is 0 Å². The van der Waals surface area contributed by atoms with E-state index in [1.165, 1.54) is 25.9 Å². The molecule has 98 valence electrons. The molecule has 0 bridgehead atoms. The van der Waals surface area contributed by atoms with Crippen LogP contribution in [0.2, 0.25) is 0 Å².